The average Bonchev–Trinajstić information content (AvgIpc) is 2.51. The molecular weight excluding hydrogens is 282 g/mol. The van der Waals surface area contributed by atoms with Gasteiger partial charge in [0.1, 0.15) is 0 Å². The molecule has 2 heteroatoms. The summed E-state index contributed by atoms with van der Waals surface area (Å²) in [7, 11) is 0. The second kappa shape index (κ2) is 17.8. The van der Waals surface area contributed by atoms with Crippen molar-refractivity contribution in [3.05, 3.63) is 0 Å². The third-order valence-electron chi connectivity index (χ3n) is 4.55. The monoisotopic (exact) mass is 325 g/mol. The van der Waals surface area contributed by atoms with Crippen molar-refractivity contribution in [1.29, 1.82) is 0 Å². The largest absolute Gasteiger partial charge is 0.356 e. The second-order valence-electron chi connectivity index (χ2n) is 7.53. The summed E-state index contributed by atoms with van der Waals surface area (Å²) < 4.78 is 0. The van der Waals surface area contributed by atoms with E-state index in [4.69, 9.17) is 0 Å². The van der Waals surface area contributed by atoms with Gasteiger partial charge in [-0.2, -0.15) is 0 Å². The lowest BCUT2D eigenvalue weighted by Gasteiger charge is -2.07. The molecule has 2 nitrogen and oxygen atoms in total. The van der Waals surface area contributed by atoms with Gasteiger partial charge >= 0.3 is 0 Å². The van der Waals surface area contributed by atoms with E-state index >= 15 is 0 Å². The Morgan fingerprint density at radius 3 is 1.61 bits per heavy atom. The number of carbonyl (C=O) groups is 1. The standard InChI is InChI=1S/C21H43NO/c1-4-5-6-7-8-9-10-11-12-13-14-15-16-17-21(23)22-19-18-20(2)3/h20H,4-19H2,1-3H3,(H,22,23). The van der Waals surface area contributed by atoms with Gasteiger partial charge in [-0.15, -0.1) is 0 Å². The van der Waals surface area contributed by atoms with Crippen LogP contribution in [-0.4, -0.2) is 12.5 Å². The van der Waals surface area contributed by atoms with Crippen molar-refractivity contribution in [1.82, 2.24) is 5.32 Å². The zero-order chi connectivity index (χ0) is 17.2. The maximum atomic E-state index is 11.6. The van der Waals surface area contributed by atoms with Gasteiger partial charge in [-0.25, -0.2) is 0 Å². The molecule has 0 saturated carbocycles. The molecule has 0 aliphatic rings. The predicted octanol–water partition coefficient (Wildman–Crippen LogP) is 6.63. The Morgan fingerprint density at radius 2 is 1.17 bits per heavy atom. The van der Waals surface area contributed by atoms with Crippen molar-refractivity contribution in [2.45, 2.75) is 117 Å². The summed E-state index contributed by atoms with van der Waals surface area (Å²) in [4.78, 5) is 11.6. The molecule has 138 valence electrons. The summed E-state index contributed by atoms with van der Waals surface area (Å²) in [5.41, 5.74) is 0. The maximum absolute atomic E-state index is 11.6. The molecule has 23 heavy (non-hydrogen) atoms. The van der Waals surface area contributed by atoms with Crippen molar-refractivity contribution < 1.29 is 4.79 Å². The van der Waals surface area contributed by atoms with Crippen molar-refractivity contribution in [3.63, 3.8) is 0 Å². The first-order chi connectivity index (χ1) is 11.2. The van der Waals surface area contributed by atoms with Crippen LogP contribution in [0.1, 0.15) is 117 Å². The van der Waals surface area contributed by atoms with Crippen molar-refractivity contribution in [2.75, 3.05) is 6.54 Å². The van der Waals surface area contributed by atoms with Gasteiger partial charge in [0.05, 0.1) is 0 Å². The first-order valence-corrected chi connectivity index (χ1v) is 10.4. The molecule has 0 rings (SSSR count). The van der Waals surface area contributed by atoms with E-state index in [1.807, 2.05) is 0 Å². The Hall–Kier alpha value is -0.530. The average molecular weight is 326 g/mol. The highest BCUT2D eigenvalue weighted by atomic mass is 16.1. The van der Waals surface area contributed by atoms with Gasteiger partial charge in [-0.05, 0) is 18.8 Å². The van der Waals surface area contributed by atoms with Gasteiger partial charge in [0.2, 0.25) is 5.91 Å². The number of unbranched alkanes of at least 4 members (excludes halogenated alkanes) is 12. The minimum atomic E-state index is 0.244. The van der Waals surface area contributed by atoms with Crippen LogP contribution in [-0.2, 0) is 4.79 Å². The summed E-state index contributed by atoms with van der Waals surface area (Å²) in [6, 6.07) is 0. The lowest BCUT2D eigenvalue weighted by Crippen LogP contribution is -2.24. The van der Waals surface area contributed by atoms with Gasteiger partial charge in [0.25, 0.3) is 0 Å². The molecule has 0 fully saturated rings. The van der Waals surface area contributed by atoms with Gasteiger partial charge in [0.15, 0.2) is 0 Å². The summed E-state index contributed by atoms with van der Waals surface area (Å²) >= 11 is 0. The van der Waals surface area contributed by atoms with E-state index in [0.29, 0.717) is 5.92 Å². The van der Waals surface area contributed by atoms with Crippen molar-refractivity contribution in [3.8, 4) is 0 Å². The van der Waals surface area contributed by atoms with E-state index in [1.54, 1.807) is 0 Å². The van der Waals surface area contributed by atoms with Crippen LogP contribution in [0, 0.1) is 5.92 Å². The van der Waals surface area contributed by atoms with Crippen LogP contribution in [0.4, 0.5) is 0 Å². The lowest BCUT2D eigenvalue weighted by atomic mass is 10.0. The van der Waals surface area contributed by atoms with Gasteiger partial charge < -0.3 is 5.32 Å². The number of hydrogen-bond donors (Lipinski definition) is 1. The highest BCUT2D eigenvalue weighted by Gasteiger charge is 2.01. The smallest absolute Gasteiger partial charge is 0.219 e. The Labute approximate surface area is 146 Å². The zero-order valence-corrected chi connectivity index (χ0v) is 16.3. The van der Waals surface area contributed by atoms with E-state index in [2.05, 4.69) is 26.1 Å². The van der Waals surface area contributed by atoms with Crippen LogP contribution in [0.3, 0.4) is 0 Å². The third-order valence-corrected chi connectivity index (χ3v) is 4.55. The van der Waals surface area contributed by atoms with E-state index < -0.39 is 0 Å². The molecule has 1 amide bonds. The minimum absolute atomic E-state index is 0.244. The summed E-state index contributed by atoms with van der Waals surface area (Å²) in [6.07, 6.45) is 19.4. The zero-order valence-electron chi connectivity index (χ0n) is 16.3. The lowest BCUT2D eigenvalue weighted by molar-refractivity contribution is -0.121. The van der Waals surface area contributed by atoms with Crippen LogP contribution in [0.25, 0.3) is 0 Å². The fourth-order valence-corrected chi connectivity index (χ4v) is 2.89. The minimum Gasteiger partial charge on any atom is -0.356 e. The molecule has 0 atom stereocenters. The van der Waals surface area contributed by atoms with Gasteiger partial charge in [-0.1, -0.05) is 97.8 Å². The fraction of sp³-hybridized carbons (Fsp3) is 0.952. The van der Waals surface area contributed by atoms with Crippen LogP contribution in [0.5, 0.6) is 0 Å². The molecular formula is C21H43NO. The van der Waals surface area contributed by atoms with E-state index in [0.717, 1.165) is 25.8 Å². The molecule has 0 heterocycles. The molecule has 0 aromatic carbocycles. The molecule has 0 unspecified atom stereocenters. The second-order valence-corrected chi connectivity index (χ2v) is 7.53. The van der Waals surface area contributed by atoms with Crippen LogP contribution in [0.2, 0.25) is 0 Å². The van der Waals surface area contributed by atoms with E-state index in [1.165, 1.54) is 77.0 Å². The molecule has 0 aliphatic heterocycles. The van der Waals surface area contributed by atoms with Crippen molar-refractivity contribution >= 4 is 5.91 Å². The molecule has 0 saturated heterocycles. The molecule has 0 bridgehead atoms. The van der Waals surface area contributed by atoms with E-state index in [-0.39, 0.29) is 5.91 Å². The molecule has 0 spiro atoms. The number of carbonyl (C=O) groups excluding carboxylic acids is 1. The Kier molecular flexibility index (Phi) is 17.4. The Balaban J connectivity index is 3.11. The number of nitrogens with one attached hydrogen (secondary N) is 1. The van der Waals surface area contributed by atoms with Gasteiger partial charge in [-0.3, -0.25) is 4.79 Å². The Bertz CT molecular complexity index is 250. The summed E-state index contributed by atoms with van der Waals surface area (Å²) in [5, 5.41) is 3.02. The topological polar surface area (TPSA) is 29.1 Å². The van der Waals surface area contributed by atoms with E-state index in [9.17, 15) is 4.79 Å². The molecule has 0 aromatic rings. The predicted molar refractivity (Wildman–Crippen MR) is 103 cm³/mol. The number of rotatable bonds is 17. The first kappa shape index (κ1) is 22.5. The number of hydrogen-bond acceptors (Lipinski definition) is 1. The highest BCUT2D eigenvalue weighted by Crippen LogP contribution is 2.12. The number of amides is 1. The molecule has 1 N–H and O–H groups in total. The van der Waals surface area contributed by atoms with Crippen LogP contribution < -0.4 is 5.32 Å². The summed E-state index contributed by atoms with van der Waals surface area (Å²) in [5.74, 6) is 0.917. The fourth-order valence-electron chi connectivity index (χ4n) is 2.89. The Morgan fingerprint density at radius 1 is 0.739 bits per heavy atom. The summed E-state index contributed by atoms with van der Waals surface area (Å²) in [6.45, 7) is 7.51. The molecule has 0 aromatic heterocycles. The SMILES string of the molecule is CCCCCCCCCCCCCCCC(=O)NCCC(C)C. The first-order valence-electron chi connectivity index (χ1n) is 10.4. The normalized spacial score (nSPS) is 11.1. The van der Waals surface area contributed by atoms with Crippen LogP contribution in [0.15, 0.2) is 0 Å². The highest BCUT2D eigenvalue weighted by molar-refractivity contribution is 5.75. The van der Waals surface area contributed by atoms with Crippen LogP contribution >= 0.6 is 0 Å². The van der Waals surface area contributed by atoms with Gasteiger partial charge in [0, 0.05) is 13.0 Å². The maximum Gasteiger partial charge on any atom is 0.219 e. The van der Waals surface area contributed by atoms with Crippen molar-refractivity contribution in [2.24, 2.45) is 5.92 Å². The quantitative estimate of drug-likeness (QED) is 0.299. The molecule has 0 radical (unpaired) electrons. The molecule has 0 aliphatic carbocycles. The third kappa shape index (κ3) is 19.4.